The summed E-state index contributed by atoms with van der Waals surface area (Å²) in [6.07, 6.45) is 8.90. The SMILES string of the molecule is COC(=O)c1ccc(NC2CCC(Oc3cc(N4CCOCC4)cc4nccnc34)CC2)nc1. The number of hydrogen-bond acceptors (Lipinski definition) is 9. The van der Waals surface area contributed by atoms with Crippen LogP contribution in [0.2, 0.25) is 0 Å². The first-order chi connectivity index (χ1) is 16.7. The van der Waals surface area contributed by atoms with Crippen molar-refractivity contribution in [3.8, 4) is 5.75 Å². The van der Waals surface area contributed by atoms with Crippen molar-refractivity contribution in [2.75, 3.05) is 43.6 Å². The minimum atomic E-state index is -0.383. The molecule has 1 N–H and O–H groups in total. The van der Waals surface area contributed by atoms with Crippen LogP contribution in [0.3, 0.4) is 0 Å². The second-order valence-electron chi connectivity index (χ2n) is 8.63. The van der Waals surface area contributed by atoms with E-state index in [0.29, 0.717) is 11.6 Å². The van der Waals surface area contributed by atoms with Gasteiger partial charge in [0.05, 0.1) is 37.5 Å². The summed E-state index contributed by atoms with van der Waals surface area (Å²) in [6, 6.07) is 8.03. The van der Waals surface area contributed by atoms with Crippen LogP contribution in [0.25, 0.3) is 11.0 Å². The molecule has 1 aliphatic heterocycles. The van der Waals surface area contributed by atoms with Crippen molar-refractivity contribution in [1.29, 1.82) is 0 Å². The van der Waals surface area contributed by atoms with Gasteiger partial charge in [-0.3, -0.25) is 4.98 Å². The lowest BCUT2D eigenvalue weighted by molar-refractivity contribution is 0.0600. The first-order valence-corrected chi connectivity index (χ1v) is 11.7. The number of hydrogen-bond donors (Lipinski definition) is 1. The molecule has 5 rings (SSSR count). The molecule has 0 amide bonds. The third-order valence-electron chi connectivity index (χ3n) is 6.40. The van der Waals surface area contributed by atoms with Crippen molar-refractivity contribution in [3.63, 3.8) is 0 Å². The van der Waals surface area contributed by atoms with Gasteiger partial charge in [-0.25, -0.2) is 14.8 Å². The van der Waals surface area contributed by atoms with Gasteiger partial charge in [-0.1, -0.05) is 0 Å². The van der Waals surface area contributed by atoms with E-state index in [9.17, 15) is 4.79 Å². The minimum absolute atomic E-state index is 0.123. The van der Waals surface area contributed by atoms with Crippen LogP contribution in [0.4, 0.5) is 11.5 Å². The van der Waals surface area contributed by atoms with Crippen molar-refractivity contribution in [2.45, 2.75) is 37.8 Å². The van der Waals surface area contributed by atoms with Gasteiger partial charge >= 0.3 is 5.97 Å². The van der Waals surface area contributed by atoms with Gasteiger partial charge < -0.3 is 24.4 Å². The van der Waals surface area contributed by atoms with E-state index in [1.807, 2.05) is 6.07 Å². The summed E-state index contributed by atoms with van der Waals surface area (Å²) in [6.45, 7) is 3.17. The third-order valence-corrected chi connectivity index (χ3v) is 6.40. The monoisotopic (exact) mass is 463 g/mol. The Morgan fingerprint density at radius 1 is 1.06 bits per heavy atom. The highest BCUT2D eigenvalue weighted by atomic mass is 16.5. The van der Waals surface area contributed by atoms with E-state index in [0.717, 1.165) is 80.3 Å². The fourth-order valence-electron chi connectivity index (χ4n) is 4.55. The summed E-state index contributed by atoms with van der Waals surface area (Å²) in [5.74, 6) is 1.17. The quantitative estimate of drug-likeness (QED) is 0.551. The number of fused-ring (bicyclic) bond motifs is 1. The lowest BCUT2D eigenvalue weighted by Gasteiger charge is -2.31. The molecule has 1 aromatic carbocycles. The Bertz CT molecular complexity index is 1130. The summed E-state index contributed by atoms with van der Waals surface area (Å²) in [7, 11) is 1.36. The number of anilines is 2. The third kappa shape index (κ3) is 5.04. The summed E-state index contributed by atoms with van der Waals surface area (Å²) in [5, 5.41) is 3.47. The molecule has 34 heavy (non-hydrogen) atoms. The number of carbonyl (C=O) groups is 1. The highest BCUT2D eigenvalue weighted by Gasteiger charge is 2.24. The molecular formula is C25H29N5O4. The van der Waals surface area contributed by atoms with E-state index < -0.39 is 0 Å². The van der Waals surface area contributed by atoms with E-state index in [1.165, 1.54) is 13.3 Å². The normalized spacial score (nSPS) is 20.7. The molecule has 0 radical (unpaired) electrons. The molecule has 3 aromatic rings. The second-order valence-corrected chi connectivity index (χ2v) is 8.63. The molecule has 2 aromatic heterocycles. The number of pyridine rings is 1. The molecule has 3 heterocycles. The molecule has 0 spiro atoms. The second kappa shape index (κ2) is 10.2. The Hall–Kier alpha value is -3.46. The molecule has 2 aliphatic rings. The van der Waals surface area contributed by atoms with Crippen LogP contribution >= 0.6 is 0 Å². The number of morpholine rings is 1. The lowest BCUT2D eigenvalue weighted by atomic mass is 9.93. The number of carbonyl (C=O) groups excluding carboxylic acids is 1. The highest BCUT2D eigenvalue weighted by Crippen LogP contribution is 2.33. The van der Waals surface area contributed by atoms with Gasteiger partial charge in [0, 0.05) is 49.5 Å². The van der Waals surface area contributed by atoms with Crippen molar-refractivity contribution in [3.05, 3.63) is 48.4 Å². The topological polar surface area (TPSA) is 98.7 Å². The first-order valence-electron chi connectivity index (χ1n) is 11.7. The summed E-state index contributed by atoms with van der Waals surface area (Å²) in [5.41, 5.74) is 3.19. The average molecular weight is 464 g/mol. The van der Waals surface area contributed by atoms with Gasteiger partial charge in [0.25, 0.3) is 0 Å². The number of aromatic nitrogens is 3. The number of nitrogens with one attached hydrogen (secondary N) is 1. The zero-order chi connectivity index (χ0) is 23.3. The van der Waals surface area contributed by atoms with E-state index >= 15 is 0 Å². The van der Waals surface area contributed by atoms with Crippen molar-refractivity contribution < 1.29 is 19.0 Å². The Morgan fingerprint density at radius 2 is 1.85 bits per heavy atom. The van der Waals surface area contributed by atoms with Crippen molar-refractivity contribution in [2.24, 2.45) is 0 Å². The molecule has 9 nitrogen and oxygen atoms in total. The van der Waals surface area contributed by atoms with Crippen LogP contribution in [0, 0.1) is 0 Å². The highest BCUT2D eigenvalue weighted by molar-refractivity contribution is 5.89. The lowest BCUT2D eigenvalue weighted by Crippen LogP contribution is -2.36. The largest absolute Gasteiger partial charge is 0.488 e. The molecule has 0 unspecified atom stereocenters. The Morgan fingerprint density at radius 3 is 2.59 bits per heavy atom. The number of nitrogens with zero attached hydrogens (tertiary/aromatic N) is 4. The molecule has 2 fully saturated rings. The zero-order valence-electron chi connectivity index (χ0n) is 19.3. The summed E-state index contributed by atoms with van der Waals surface area (Å²) >= 11 is 0. The van der Waals surface area contributed by atoms with E-state index in [1.54, 1.807) is 18.5 Å². The zero-order valence-corrected chi connectivity index (χ0v) is 19.3. The van der Waals surface area contributed by atoms with Crippen LogP contribution in [-0.4, -0.2) is 66.5 Å². The van der Waals surface area contributed by atoms with Gasteiger partial charge in [0.15, 0.2) is 0 Å². The van der Waals surface area contributed by atoms with Gasteiger partial charge in [-0.2, -0.15) is 0 Å². The maximum absolute atomic E-state index is 11.6. The minimum Gasteiger partial charge on any atom is -0.488 e. The fraction of sp³-hybridized carbons (Fsp3) is 0.440. The maximum atomic E-state index is 11.6. The van der Waals surface area contributed by atoms with Gasteiger partial charge in [0.1, 0.15) is 17.1 Å². The van der Waals surface area contributed by atoms with Crippen LogP contribution in [0.1, 0.15) is 36.0 Å². The molecule has 0 atom stereocenters. The molecule has 1 saturated carbocycles. The molecular weight excluding hydrogens is 434 g/mol. The smallest absolute Gasteiger partial charge is 0.339 e. The Balaban J connectivity index is 1.23. The summed E-state index contributed by atoms with van der Waals surface area (Å²) in [4.78, 5) is 27.3. The molecule has 178 valence electrons. The van der Waals surface area contributed by atoms with E-state index in [4.69, 9.17) is 14.2 Å². The number of esters is 1. The van der Waals surface area contributed by atoms with E-state index in [-0.39, 0.29) is 12.1 Å². The molecule has 0 bridgehead atoms. The first kappa shape index (κ1) is 22.3. The van der Waals surface area contributed by atoms with E-state index in [2.05, 4.69) is 37.3 Å². The Kier molecular flexibility index (Phi) is 6.71. The molecule has 9 heteroatoms. The fourth-order valence-corrected chi connectivity index (χ4v) is 4.55. The average Bonchev–Trinajstić information content (AvgIpc) is 2.90. The number of methoxy groups -OCH3 is 1. The molecule has 1 saturated heterocycles. The Labute approximate surface area is 198 Å². The van der Waals surface area contributed by atoms with Crippen LogP contribution < -0.4 is 15.0 Å². The van der Waals surface area contributed by atoms with Crippen LogP contribution in [0.5, 0.6) is 5.75 Å². The number of rotatable bonds is 6. The maximum Gasteiger partial charge on any atom is 0.339 e. The van der Waals surface area contributed by atoms with Crippen molar-refractivity contribution >= 4 is 28.5 Å². The summed E-state index contributed by atoms with van der Waals surface area (Å²) < 4.78 is 16.7. The van der Waals surface area contributed by atoms with Crippen LogP contribution in [-0.2, 0) is 9.47 Å². The van der Waals surface area contributed by atoms with Crippen molar-refractivity contribution in [1.82, 2.24) is 15.0 Å². The van der Waals surface area contributed by atoms with Gasteiger partial charge in [-0.05, 0) is 43.9 Å². The predicted molar refractivity (Wildman–Crippen MR) is 128 cm³/mol. The number of benzene rings is 1. The van der Waals surface area contributed by atoms with Crippen LogP contribution in [0.15, 0.2) is 42.9 Å². The van der Waals surface area contributed by atoms with Gasteiger partial charge in [0.2, 0.25) is 0 Å². The standard InChI is InChI=1S/C25H29N5O4/c1-32-25(31)17-2-7-23(28-16-17)29-18-3-5-20(6-4-18)34-22-15-19(30-10-12-33-13-11-30)14-21-24(22)27-9-8-26-21/h2,7-9,14-16,18,20H,3-6,10-13H2,1H3,(H,28,29). The van der Waals surface area contributed by atoms with Gasteiger partial charge in [-0.15, -0.1) is 0 Å². The number of ether oxygens (including phenoxy) is 3. The predicted octanol–water partition coefficient (Wildman–Crippen LogP) is 3.45. The molecule has 1 aliphatic carbocycles.